The number of methoxy groups -OCH3 is 1. The fraction of sp³-hybridized carbons (Fsp3) is 0.875. The van der Waals surface area contributed by atoms with Crippen molar-refractivity contribution < 1.29 is 14.3 Å². The molecule has 0 aromatic carbocycles. The third kappa shape index (κ3) is 2.60. The fourth-order valence-corrected chi connectivity index (χ4v) is 1.20. The van der Waals surface area contributed by atoms with Gasteiger partial charge in [0.25, 0.3) is 0 Å². The minimum absolute atomic E-state index is 0.0868. The lowest BCUT2D eigenvalue weighted by atomic mass is 9.98. The van der Waals surface area contributed by atoms with Crippen molar-refractivity contribution in [3.8, 4) is 0 Å². The first kappa shape index (κ1) is 8.68. The zero-order chi connectivity index (χ0) is 8.10. The Morgan fingerprint density at radius 1 is 1.73 bits per heavy atom. The lowest BCUT2D eigenvalue weighted by Gasteiger charge is -2.20. The Kier molecular flexibility index (Phi) is 3.52. The first-order valence-corrected chi connectivity index (χ1v) is 3.94. The fourth-order valence-electron chi connectivity index (χ4n) is 1.20. The van der Waals surface area contributed by atoms with E-state index in [2.05, 4.69) is 0 Å². The van der Waals surface area contributed by atoms with Gasteiger partial charge in [-0.15, -0.1) is 0 Å². The van der Waals surface area contributed by atoms with Crippen molar-refractivity contribution in [1.29, 1.82) is 0 Å². The predicted octanol–water partition coefficient (Wildman–Crippen LogP) is 0.629. The number of ether oxygens (including phenoxy) is 2. The third-order valence-corrected chi connectivity index (χ3v) is 1.94. The molecular formula is C8H14O3. The normalized spacial score (nSPS) is 25.5. The Morgan fingerprint density at radius 2 is 2.55 bits per heavy atom. The number of rotatable bonds is 3. The smallest absolute Gasteiger partial charge is 0.140 e. The number of Topliss-reactive ketones (excluding diaryl/α,β-unsaturated/α-hetero) is 1. The average molecular weight is 158 g/mol. The van der Waals surface area contributed by atoms with Crippen LogP contribution in [-0.4, -0.2) is 32.7 Å². The van der Waals surface area contributed by atoms with E-state index in [0.717, 1.165) is 6.42 Å². The van der Waals surface area contributed by atoms with E-state index in [1.807, 2.05) is 0 Å². The number of hydrogen-bond donors (Lipinski definition) is 0. The summed E-state index contributed by atoms with van der Waals surface area (Å²) in [6, 6.07) is 0. The van der Waals surface area contributed by atoms with Gasteiger partial charge in [0.2, 0.25) is 0 Å². The zero-order valence-corrected chi connectivity index (χ0v) is 6.84. The summed E-state index contributed by atoms with van der Waals surface area (Å²) in [6.45, 7) is 1.84. The van der Waals surface area contributed by atoms with Crippen LogP contribution in [0.1, 0.15) is 12.8 Å². The van der Waals surface area contributed by atoms with Gasteiger partial charge in [0.05, 0.1) is 13.2 Å². The standard InChI is InChI=1S/C8H14O3/c1-10-4-2-7-6-11-5-3-8(7)9/h7H,2-6H2,1H3. The van der Waals surface area contributed by atoms with Gasteiger partial charge in [-0.3, -0.25) is 4.79 Å². The quantitative estimate of drug-likeness (QED) is 0.604. The monoisotopic (exact) mass is 158 g/mol. The summed E-state index contributed by atoms with van der Waals surface area (Å²) in [5, 5.41) is 0. The Hall–Kier alpha value is -0.410. The number of carbonyl (C=O) groups excluding carboxylic acids is 1. The van der Waals surface area contributed by atoms with Gasteiger partial charge in [0, 0.05) is 26.1 Å². The van der Waals surface area contributed by atoms with Crippen LogP contribution in [0.4, 0.5) is 0 Å². The van der Waals surface area contributed by atoms with E-state index in [1.54, 1.807) is 7.11 Å². The zero-order valence-electron chi connectivity index (χ0n) is 6.84. The molecule has 3 nitrogen and oxygen atoms in total. The van der Waals surface area contributed by atoms with Crippen LogP contribution in [0.15, 0.2) is 0 Å². The van der Waals surface area contributed by atoms with Crippen LogP contribution in [-0.2, 0) is 14.3 Å². The molecule has 1 atom stereocenters. The topological polar surface area (TPSA) is 35.5 Å². The van der Waals surface area contributed by atoms with Gasteiger partial charge >= 0.3 is 0 Å². The highest BCUT2D eigenvalue weighted by molar-refractivity contribution is 5.81. The van der Waals surface area contributed by atoms with E-state index in [1.165, 1.54) is 0 Å². The minimum Gasteiger partial charge on any atom is -0.385 e. The lowest BCUT2D eigenvalue weighted by molar-refractivity contribution is -0.131. The van der Waals surface area contributed by atoms with Gasteiger partial charge in [0.15, 0.2) is 0 Å². The maximum atomic E-state index is 11.2. The second-order valence-corrected chi connectivity index (χ2v) is 2.77. The Labute approximate surface area is 66.7 Å². The molecule has 0 aliphatic carbocycles. The molecule has 1 saturated heterocycles. The summed E-state index contributed by atoms with van der Waals surface area (Å²) in [5.74, 6) is 0.414. The Balaban J connectivity index is 2.24. The van der Waals surface area contributed by atoms with Crippen LogP contribution < -0.4 is 0 Å². The lowest BCUT2D eigenvalue weighted by Crippen LogP contribution is -2.28. The largest absolute Gasteiger partial charge is 0.385 e. The molecule has 0 amide bonds. The Morgan fingerprint density at radius 3 is 3.18 bits per heavy atom. The summed E-state index contributed by atoms with van der Waals surface area (Å²) < 4.78 is 10.1. The maximum Gasteiger partial charge on any atom is 0.140 e. The van der Waals surface area contributed by atoms with Gasteiger partial charge < -0.3 is 9.47 Å². The molecule has 0 N–H and O–H groups in total. The summed E-state index contributed by atoms with van der Waals surface area (Å²) in [4.78, 5) is 11.2. The van der Waals surface area contributed by atoms with Crippen molar-refractivity contribution in [2.75, 3.05) is 26.9 Å². The molecule has 1 aliphatic heterocycles. The van der Waals surface area contributed by atoms with Gasteiger partial charge in [-0.1, -0.05) is 0 Å². The van der Waals surface area contributed by atoms with Crippen molar-refractivity contribution in [3.63, 3.8) is 0 Å². The highest BCUT2D eigenvalue weighted by Crippen LogP contribution is 2.13. The molecule has 1 rings (SSSR count). The van der Waals surface area contributed by atoms with E-state index < -0.39 is 0 Å². The Bertz CT molecular complexity index is 133. The molecule has 0 aromatic heterocycles. The van der Waals surface area contributed by atoms with E-state index in [0.29, 0.717) is 32.0 Å². The van der Waals surface area contributed by atoms with Crippen LogP contribution in [0, 0.1) is 5.92 Å². The first-order valence-electron chi connectivity index (χ1n) is 3.94. The van der Waals surface area contributed by atoms with Crippen molar-refractivity contribution in [1.82, 2.24) is 0 Å². The van der Waals surface area contributed by atoms with E-state index in [9.17, 15) is 4.79 Å². The summed E-state index contributed by atoms with van der Waals surface area (Å²) in [6.07, 6.45) is 1.38. The average Bonchev–Trinajstić information content (AvgIpc) is 2.03. The summed E-state index contributed by atoms with van der Waals surface area (Å²) in [5.41, 5.74) is 0. The van der Waals surface area contributed by atoms with Crippen LogP contribution >= 0.6 is 0 Å². The van der Waals surface area contributed by atoms with Crippen LogP contribution in [0.5, 0.6) is 0 Å². The molecule has 11 heavy (non-hydrogen) atoms. The number of ketones is 1. The minimum atomic E-state index is 0.0868. The van der Waals surface area contributed by atoms with Crippen molar-refractivity contribution in [2.24, 2.45) is 5.92 Å². The van der Waals surface area contributed by atoms with Crippen molar-refractivity contribution in [3.05, 3.63) is 0 Å². The van der Waals surface area contributed by atoms with Crippen LogP contribution in [0.3, 0.4) is 0 Å². The number of carbonyl (C=O) groups is 1. The molecule has 1 heterocycles. The molecule has 0 aromatic rings. The predicted molar refractivity (Wildman–Crippen MR) is 40.4 cm³/mol. The second kappa shape index (κ2) is 4.46. The number of hydrogen-bond acceptors (Lipinski definition) is 3. The molecular weight excluding hydrogens is 144 g/mol. The highest BCUT2D eigenvalue weighted by atomic mass is 16.5. The molecule has 0 saturated carbocycles. The molecule has 0 radical (unpaired) electrons. The molecule has 1 aliphatic rings. The third-order valence-electron chi connectivity index (χ3n) is 1.94. The van der Waals surface area contributed by atoms with E-state index in [-0.39, 0.29) is 5.92 Å². The molecule has 0 bridgehead atoms. The molecule has 64 valence electrons. The molecule has 3 heteroatoms. The van der Waals surface area contributed by atoms with Crippen molar-refractivity contribution in [2.45, 2.75) is 12.8 Å². The van der Waals surface area contributed by atoms with E-state index >= 15 is 0 Å². The molecule has 0 spiro atoms. The van der Waals surface area contributed by atoms with Gasteiger partial charge in [-0.25, -0.2) is 0 Å². The van der Waals surface area contributed by atoms with Crippen molar-refractivity contribution >= 4 is 5.78 Å². The summed E-state index contributed by atoms with van der Waals surface area (Å²) in [7, 11) is 1.65. The summed E-state index contributed by atoms with van der Waals surface area (Å²) >= 11 is 0. The maximum absolute atomic E-state index is 11.2. The molecule has 1 fully saturated rings. The van der Waals surface area contributed by atoms with Gasteiger partial charge in [-0.05, 0) is 6.42 Å². The van der Waals surface area contributed by atoms with Crippen LogP contribution in [0.2, 0.25) is 0 Å². The second-order valence-electron chi connectivity index (χ2n) is 2.77. The van der Waals surface area contributed by atoms with Crippen LogP contribution in [0.25, 0.3) is 0 Å². The van der Waals surface area contributed by atoms with E-state index in [4.69, 9.17) is 9.47 Å². The first-order chi connectivity index (χ1) is 5.34. The van der Waals surface area contributed by atoms with Gasteiger partial charge in [0.1, 0.15) is 5.78 Å². The van der Waals surface area contributed by atoms with Gasteiger partial charge in [-0.2, -0.15) is 0 Å². The highest BCUT2D eigenvalue weighted by Gasteiger charge is 2.21. The SMILES string of the molecule is COCCC1COCCC1=O. The molecule has 1 unspecified atom stereocenters.